The molecule has 0 spiro atoms. The summed E-state index contributed by atoms with van der Waals surface area (Å²) < 4.78 is 38.1. The number of alkyl halides is 3. The number of amides is 1. The van der Waals surface area contributed by atoms with Gasteiger partial charge in [-0.3, -0.25) is 4.79 Å². The standard InChI is InChI=1S/C14H14F3N3OS.ClH/c1-7-9-2-3-10(14(15,16)17)20-13(9)22-11(7)12(21)19-6-8-4-18-5-8;/h2-3,8,18H,4-6H2,1H3,(H,19,21);1H. The highest BCUT2D eigenvalue weighted by Gasteiger charge is 2.33. The number of nitrogens with zero attached hydrogens (tertiary/aromatic N) is 1. The summed E-state index contributed by atoms with van der Waals surface area (Å²) in [5, 5.41) is 6.53. The molecule has 3 rings (SSSR count). The van der Waals surface area contributed by atoms with E-state index in [1.54, 1.807) is 6.92 Å². The number of nitrogens with one attached hydrogen (secondary N) is 2. The minimum atomic E-state index is -4.48. The molecule has 1 aliphatic heterocycles. The Morgan fingerprint density at radius 2 is 2.13 bits per heavy atom. The van der Waals surface area contributed by atoms with Gasteiger partial charge in [0.2, 0.25) is 0 Å². The van der Waals surface area contributed by atoms with E-state index in [0.29, 0.717) is 28.3 Å². The Balaban J connectivity index is 0.00000192. The molecule has 3 heterocycles. The van der Waals surface area contributed by atoms with Gasteiger partial charge in [0.05, 0.1) is 4.88 Å². The second-order valence-electron chi connectivity index (χ2n) is 5.34. The van der Waals surface area contributed by atoms with Gasteiger partial charge >= 0.3 is 6.18 Å². The number of halogens is 4. The molecule has 0 radical (unpaired) electrons. The molecule has 1 amide bonds. The van der Waals surface area contributed by atoms with Crippen LogP contribution in [0.15, 0.2) is 12.1 Å². The van der Waals surface area contributed by atoms with E-state index in [0.717, 1.165) is 30.5 Å². The number of fused-ring (bicyclic) bond motifs is 1. The molecule has 23 heavy (non-hydrogen) atoms. The first kappa shape index (κ1) is 18.0. The number of carbonyl (C=O) groups is 1. The lowest BCUT2D eigenvalue weighted by molar-refractivity contribution is -0.140. The predicted molar refractivity (Wildman–Crippen MR) is 85.3 cm³/mol. The van der Waals surface area contributed by atoms with E-state index < -0.39 is 11.9 Å². The molecule has 0 atom stereocenters. The summed E-state index contributed by atoms with van der Waals surface area (Å²) >= 11 is 1.00. The molecule has 9 heteroatoms. The molecule has 1 aliphatic rings. The van der Waals surface area contributed by atoms with Crippen LogP contribution in [-0.4, -0.2) is 30.5 Å². The van der Waals surface area contributed by atoms with Gasteiger partial charge in [0.25, 0.3) is 5.91 Å². The fourth-order valence-electron chi connectivity index (χ4n) is 2.28. The highest BCUT2D eigenvalue weighted by Crippen LogP contribution is 2.34. The second kappa shape index (κ2) is 6.62. The number of rotatable bonds is 3. The van der Waals surface area contributed by atoms with E-state index in [4.69, 9.17) is 0 Å². The minimum Gasteiger partial charge on any atom is -0.351 e. The summed E-state index contributed by atoms with van der Waals surface area (Å²) in [6.45, 7) is 4.05. The SMILES string of the molecule is Cc1c(C(=O)NCC2CNC2)sc2nc(C(F)(F)F)ccc12.Cl. The van der Waals surface area contributed by atoms with Gasteiger partial charge in [0.1, 0.15) is 10.5 Å². The monoisotopic (exact) mass is 365 g/mol. The Hall–Kier alpha value is -1.38. The van der Waals surface area contributed by atoms with E-state index in [2.05, 4.69) is 15.6 Å². The Morgan fingerprint density at radius 3 is 2.70 bits per heavy atom. The van der Waals surface area contributed by atoms with Crippen molar-refractivity contribution in [2.24, 2.45) is 5.92 Å². The highest BCUT2D eigenvalue weighted by molar-refractivity contribution is 7.20. The van der Waals surface area contributed by atoms with Crippen molar-refractivity contribution in [2.45, 2.75) is 13.1 Å². The van der Waals surface area contributed by atoms with Gasteiger partial charge in [-0.25, -0.2) is 4.98 Å². The van der Waals surface area contributed by atoms with Gasteiger partial charge in [0, 0.05) is 30.9 Å². The van der Waals surface area contributed by atoms with Crippen LogP contribution >= 0.6 is 23.7 Å². The first-order valence-electron chi connectivity index (χ1n) is 6.82. The lowest BCUT2D eigenvalue weighted by Gasteiger charge is -2.26. The van der Waals surface area contributed by atoms with Crippen LogP contribution in [0.3, 0.4) is 0 Å². The van der Waals surface area contributed by atoms with Crippen LogP contribution in [-0.2, 0) is 6.18 Å². The van der Waals surface area contributed by atoms with Gasteiger partial charge < -0.3 is 10.6 Å². The third-order valence-electron chi connectivity index (χ3n) is 3.72. The highest BCUT2D eigenvalue weighted by atomic mass is 35.5. The van der Waals surface area contributed by atoms with Gasteiger partial charge in [-0.15, -0.1) is 23.7 Å². The molecule has 0 unspecified atom stereocenters. The Kier molecular flexibility index (Phi) is 5.17. The maximum absolute atomic E-state index is 12.7. The number of thiophene rings is 1. The summed E-state index contributed by atoms with van der Waals surface area (Å²) in [7, 11) is 0. The van der Waals surface area contributed by atoms with Crippen molar-refractivity contribution in [3.05, 3.63) is 28.3 Å². The van der Waals surface area contributed by atoms with E-state index in [1.165, 1.54) is 6.07 Å². The van der Waals surface area contributed by atoms with Crippen LogP contribution in [0.25, 0.3) is 10.2 Å². The molecular formula is C14H15ClF3N3OS. The number of aromatic nitrogens is 1. The number of hydrogen-bond donors (Lipinski definition) is 2. The van der Waals surface area contributed by atoms with Crippen molar-refractivity contribution < 1.29 is 18.0 Å². The molecule has 126 valence electrons. The van der Waals surface area contributed by atoms with Crippen molar-refractivity contribution in [3.63, 3.8) is 0 Å². The first-order chi connectivity index (χ1) is 10.4. The molecule has 2 aromatic rings. The molecule has 1 saturated heterocycles. The molecule has 2 N–H and O–H groups in total. The van der Waals surface area contributed by atoms with Gasteiger partial charge in [-0.1, -0.05) is 0 Å². The molecule has 0 bridgehead atoms. The third-order valence-corrected chi connectivity index (χ3v) is 4.92. The largest absolute Gasteiger partial charge is 0.433 e. The van der Waals surface area contributed by atoms with Crippen molar-refractivity contribution in [1.82, 2.24) is 15.6 Å². The number of pyridine rings is 1. The number of hydrogen-bond acceptors (Lipinski definition) is 4. The fourth-order valence-corrected chi connectivity index (χ4v) is 3.38. The fraction of sp³-hybridized carbons (Fsp3) is 0.429. The molecular weight excluding hydrogens is 351 g/mol. The summed E-state index contributed by atoms with van der Waals surface area (Å²) in [6.07, 6.45) is -4.48. The zero-order valence-electron chi connectivity index (χ0n) is 12.2. The molecule has 4 nitrogen and oxygen atoms in total. The van der Waals surface area contributed by atoms with E-state index >= 15 is 0 Å². The van der Waals surface area contributed by atoms with Crippen molar-refractivity contribution >= 4 is 39.9 Å². The van der Waals surface area contributed by atoms with Gasteiger partial charge in [-0.05, 0) is 24.6 Å². The third kappa shape index (κ3) is 3.59. The minimum absolute atomic E-state index is 0. The van der Waals surface area contributed by atoms with Crippen LogP contribution in [0, 0.1) is 12.8 Å². The molecule has 0 aromatic carbocycles. The van der Waals surface area contributed by atoms with Crippen molar-refractivity contribution in [1.29, 1.82) is 0 Å². The second-order valence-corrected chi connectivity index (χ2v) is 6.34. The summed E-state index contributed by atoms with van der Waals surface area (Å²) in [6, 6.07) is 2.33. The van der Waals surface area contributed by atoms with Gasteiger partial charge in [-0.2, -0.15) is 13.2 Å². The Labute approximate surface area is 140 Å². The van der Waals surface area contributed by atoms with Crippen LogP contribution in [0.5, 0.6) is 0 Å². The Bertz CT molecular complexity index is 728. The van der Waals surface area contributed by atoms with Gasteiger partial charge in [0.15, 0.2) is 0 Å². The van der Waals surface area contributed by atoms with E-state index in [1.807, 2.05) is 0 Å². The first-order valence-corrected chi connectivity index (χ1v) is 7.64. The summed E-state index contributed by atoms with van der Waals surface area (Å²) in [5.74, 6) is 0.176. The van der Waals surface area contributed by atoms with E-state index in [9.17, 15) is 18.0 Å². The summed E-state index contributed by atoms with van der Waals surface area (Å²) in [4.78, 5) is 16.5. The zero-order chi connectivity index (χ0) is 15.9. The normalized spacial score (nSPS) is 15.1. The molecule has 0 saturated carbocycles. The lowest BCUT2D eigenvalue weighted by Crippen LogP contribution is -2.48. The summed E-state index contributed by atoms with van der Waals surface area (Å²) in [5.41, 5.74) is -0.265. The number of aryl methyl sites for hydroxylation is 1. The van der Waals surface area contributed by atoms with E-state index in [-0.39, 0.29) is 23.1 Å². The molecule has 0 aliphatic carbocycles. The maximum Gasteiger partial charge on any atom is 0.433 e. The quantitative estimate of drug-likeness (QED) is 0.879. The van der Waals surface area contributed by atoms with Crippen molar-refractivity contribution in [2.75, 3.05) is 19.6 Å². The maximum atomic E-state index is 12.7. The van der Waals surface area contributed by atoms with Crippen LogP contribution in [0.4, 0.5) is 13.2 Å². The molecule has 2 aromatic heterocycles. The predicted octanol–water partition coefficient (Wildman–Crippen LogP) is 2.99. The van der Waals surface area contributed by atoms with Crippen LogP contribution < -0.4 is 10.6 Å². The lowest BCUT2D eigenvalue weighted by atomic mass is 10.0. The zero-order valence-corrected chi connectivity index (χ0v) is 13.8. The average molecular weight is 366 g/mol. The Morgan fingerprint density at radius 1 is 1.43 bits per heavy atom. The number of carbonyl (C=O) groups excluding carboxylic acids is 1. The van der Waals surface area contributed by atoms with Crippen LogP contribution in [0.1, 0.15) is 20.9 Å². The average Bonchev–Trinajstić information content (AvgIpc) is 2.73. The topological polar surface area (TPSA) is 54.0 Å². The van der Waals surface area contributed by atoms with Crippen molar-refractivity contribution in [3.8, 4) is 0 Å². The smallest absolute Gasteiger partial charge is 0.351 e. The van der Waals surface area contributed by atoms with Crippen LogP contribution in [0.2, 0.25) is 0 Å². The molecule has 1 fully saturated rings.